The summed E-state index contributed by atoms with van der Waals surface area (Å²) in [5.41, 5.74) is 2.99. The molecule has 1 unspecified atom stereocenters. The van der Waals surface area contributed by atoms with Crippen LogP contribution in [0.25, 0.3) is 16.0 Å². The number of aromatic nitrogens is 1. The third-order valence-electron chi connectivity index (χ3n) is 6.51. The zero-order chi connectivity index (χ0) is 27.7. The highest BCUT2D eigenvalue weighted by Crippen LogP contribution is 2.44. The second kappa shape index (κ2) is 10.9. The zero-order valence-electron chi connectivity index (χ0n) is 22.3. The summed E-state index contributed by atoms with van der Waals surface area (Å²) in [4.78, 5) is 33.2. The molecule has 1 fully saturated rings. The average molecular weight is 543 g/mol. The van der Waals surface area contributed by atoms with Crippen molar-refractivity contribution < 1.29 is 24.2 Å². The Bertz CT molecular complexity index is 1550. The number of nitrogens with zero attached hydrogens (tertiary/aromatic N) is 2. The van der Waals surface area contributed by atoms with Gasteiger partial charge in [-0.2, -0.15) is 0 Å². The minimum absolute atomic E-state index is 0.00287. The van der Waals surface area contributed by atoms with E-state index >= 15 is 0 Å². The van der Waals surface area contributed by atoms with Crippen LogP contribution >= 0.6 is 11.3 Å². The van der Waals surface area contributed by atoms with Gasteiger partial charge in [-0.1, -0.05) is 36.5 Å². The van der Waals surface area contributed by atoms with Crippen LogP contribution in [0.15, 0.2) is 72.3 Å². The highest BCUT2D eigenvalue weighted by molar-refractivity contribution is 7.22. The van der Waals surface area contributed by atoms with Crippen molar-refractivity contribution in [3.05, 3.63) is 89.0 Å². The fraction of sp³-hybridized carbons (Fsp3) is 0.258. The topological polar surface area (TPSA) is 89.0 Å². The van der Waals surface area contributed by atoms with Crippen molar-refractivity contribution in [3.63, 3.8) is 0 Å². The number of hydrogen-bond donors (Lipinski definition) is 1. The number of aliphatic hydroxyl groups excluding tert-OH is 1. The number of anilines is 1. The molecule has 3 aromatic carbocycles. The van der Waals surface area contributed by atoms with Crippen LogP contribution in [0, 0.1) is 0 Å². The minimum Gasteiger partial charge on any atom is -0.507 e. The fourth-order valence-corrected chi connectivity index (χ4v) is 5.71. The number of ether oxygens (including phenoxy) is 2. The second-order valence-corrected chi connectivity index (χ2v) is 10.5. The number of carbonyl (C=O) groups excluding carboxylic acids is 2. The van der Waals surface area contributed by atoms with Gasteiger partial charge in [0.05, 0.1) is 34.5 Å². The summed E-state index contributed by atoms with van der Waals surface area (Å²) in [7, 11) is 0. The molecular formula is C31H30N2O5S. The number of Topliss-reactive ketones (excluding diaryl/α,β-unsaturated/α-hetero) is 1. The van der Waals surface area contributed by atoms with E-state index in [1.807, 2.05) is 45.0 Å². The Morgan fingerprint density at radius 2 is 1.69 bits per heavy atom. The van der Waals surface area contributed by atoms with E-state index in [-0.39, 0.29) is 17.4 Å². The third-order valence-corrected chi connectivity index (χ3v) is 7.52. The van der Waals surface area contributed by atoms with E-state index in [0.717, 1.165) is 22.2 Å². The van der Waals surface area contributed by atoms with E-state index in [1.165, 1.54) is 16.2 Å². The molecule has 4 aromatic rings. The summed E-state index contributed by atoms with van der Waals surface area (Å²) in [6.45, 7) is 8.36. The SMILES string of the molecule is CCOc1ccc(/C(O)=C2\C(=O)C(=O)N(c3nc4ccc(CC)cc4s3)C2c2ccc(OC(C)C)cc2)cc1. The number of ketones is 1. The van der Waals surface area contributed by atoms with Crippen LogP contribution in [0.1, 0.15) is 50.4 Å². The van der Waals surface area contributed by atoms with E-state index in [0.29, 0.717) is 34.4 Å². The molecule has 0 aliphatic carbocycles. The van der Waals surface area contributed by atoms with Gasteiger partial charge in [-0.05, 0) is 86.8 Å². The summed E-state index contributed by atoms with van der Waals surface area (Å²) in [6.07, 6.45) is 0.873. The molecule has 7 nitrogen and oxygen atoms in total. The summed E-state index contributed by atoms with van der Waals surface area (Å²) < 4.78 is 12.2. The van der Waals surface area contributed by atoms with Gasteiger partial charge >= 0.3 is 5.91 Å². The first kappa shape index (κ1) is 26.4. The Labute approximate surface area is 231 Å². The number of aryl methyl sites for hydroxylation is 1. The maximum atomic E-state index is 13.5. The van der Waals surface area contributed by atoms with Crippen molar-refractivity contribution in [2.45, 2.75) is 46.3 Å². The Morgan fingerprint density at radius 1 is 1.00 bits per heavy atom. The Morgan fingerprint density at radius 3 is 2.33 bits per heavy atom. The van der Waals surface area contributed by atoms with E-state index < -0.39 is 17.7 Å². The van der Waals surface area contributed by atoms with Crippen molar-refractivity contribution in [2.24, 2.45) is 0 Å². The smallest absolute Gasteiger partial charge is 0.301 e. The predicted octanol–water partition coefficient (Wildman–Crippen LogP) is 6.67. The van der Waals surface area contributed by atoms with E-state index in [9.17, 15) is 14.7 Å². The first-order valence-corrected chi connectivity index (χ1v) is 13.8. The van der Waals surface area contributed by atoms with Crippen molar-refractivity contribution in [1.82, 2.24) is 4.98 Å². The summed E-state index contributed by atoms with van der Waals surface area (Å²) >= 11 is 1.35. The van der Waals surface area contributed by atoms with Crippen LogP contribution in [0.4, 0.5) is 5.13 Å². The van der Waals surface area contributed by atoms with Crippen molar-refractivity contribution >= 4 is 44.1 Å². The van der Waals surface area contributed by atoms with Crippen molar-refractivity contribution in [1.29, 1.82) is 0 Å². The quantitative estimate of drug-likeness (QED) is 0.152. The molecular weight excluding hydrogens is 512 g/mol. The summed E-state index contributed by atoms with van der Waals surface area (Å²) in [6, 6.07) is 19.2. The first-order valence-electron chi connectivity index (χ1n) is 13.0. The fourth-order valence-electron chi connectivity index (χ4n) is 4.66. The lowest BCUT2D eigenvalue weighted by Crippen LogP contribution is -2.29. The van der Waals surface area contributed by atoms with Gasteiger partial charge < -0.3 is 14.6 Å². The van der Waals surface area contributed by atoms with Crippen LogP contribution in [-0.4, -0.2) is 34.5 Å². The molecule has 5 rings (SSSR count). The lowest BCUT2D eigenvalue weighted by atomic mass is 9.95. The molecule has 1 aromatic heterocycles. The van der Waals surface area contributed by atoms with Gasteiger partial charge in [0.15, 0.2) is 5.13 Å². The van der Waals surface area contributed by atoms with Crippen LogP contribution in [-0.2, 0) is 16.0 Å². The van der Waals surface area contributed by atoms with Gasteiger partial charge in [-0.15, -0.1) is 0 Å². The maximum absolute atomic E-state index is 13.5. The number of rotatable bonds is 8. The molecule has 0 radical (unpaired) electrons. The molecule has 0 bridgehead atoms. The number of hydrogen-bond acceptors (Lipinski definition) is 7. The summed E-state index contributed by atoms with van der Waals surface area (Å²) in [5, 5.41) is 11.8. The highest BCUT2D eigenvalue weighted by Gasteiger charge is 2.48. The second-order valence-electron chi connectivity index (χ2n) is 9.51. The van der Waals surface area contributed by atoms with E-state index in [2.05, 4.69) is 13.0 Å². The van der Waals surface area contributed by atoms with Gasteiger partial charge in [0.2, 0.25) is 0 Å². The zero-order valence-corrected chi connectivity index (χ0v) is 23.1. The Balaban J connectivity index is 1.65. The largest absolute Gasteiger partial charge is 0.507 e. The molecule has 1 aliphatic heterocycles. The number of amides is 1. The lowest BCUT2D eigenvalue weighted by Gasteiger charge is -2.23. The molecule has 1 atom stereocenters. The molecule has 0 spiro atoms. The van der Waals surface area contributed by atoms with E-state index in [1.54, 1.807) is 36.4 Å². The molecule has 200 valence electrons. The number of thiazole rings is 1. The summed E-state index contributed by atoms with van der Waals surface area (Å²) in [5.74, 6) is -0.426. The first-order chi connectivity index (χ1) is 18.8. The lowest BCUT2D eigenvalue weighted by molar-refractivity contribution is -0.132. The maximum Gasteiger partial charge on any atom is 0.301 e. The number of carbonyl (C=O) groups is 2. The van der Waals surface area contributed by atoms with Gasteiger partial charge in [-0.3, -0.25) is 14.5 Å². The Hall–Kier alpha value is -4.17. The monoisotopic (exact) mass is 542 g/mol. The van der Waals surface area contributed by atoms with Crippen LogP contribution in [0.5, 0.6) is 11.5 Å². The van der Waals surface area contributed by atoms with Crippen molar-refractivity contribution in [3.8, 4) is 11.5 Å². The number of aliphatic hydroxyl groups is 1. The van der Waals surface area contributed by atoms with Gasteiger partial charge in [0, 0.05) is 5.56 Å². The third kappa shape index (κ3) is 5.12. The highest BCUT2D eigenvalue weighted by atomic mass is 32.1. The predicted molar refractivity (Wildman–Crippen MR) is 154 cm³/mol. The van der Waals surface area contributed by atoms with E-state index in [4.69, 9.17) is 14.5 Å². The molecule has 2 heterocycles. The normalized spacial score (nSPS) is 16.8. The van der Waals surface area contributed by atoms with Gasteiger partial charge in [-0.25, -0.2) is 4.98 Å². The number of benzene rings is 3. The van der Waals surface area contributed by atoms with Gasteiger partial charge in [0.1, 0.15) is 17.3 Å². The standard InChI is InChI=1S/C31H30N2O5S/c1-5-19-7-16-24-25(17-19)39-31(32-24)33-27(20-8-14-23(15-9-20)38-18(3)4)26(29(35)30(33)36)28(34)21-10-12-22(13-11-21)37-6-2/h7-18,27,34H,5-6H2,1-4H3/b28-26+. The average Bonchev–Trinajstić information content (AvgIpc) is 3.46. The van der Waals surface area contributed by atoms with Gasteiger partial charge in [0.25, 0.3) is 5.78 Å². The molecule has 1 amide bonds. The molecule has 1 saturated heterocycles. The van der Waals surface area contributed by atoms with Crippen LogP contribution in [0.3, 0.4) is 0 Å². The molecule has 1 N–H and O–H groups in total. The Kier molecular flexibility index (Phi) is 7.39. The number of fused-ring (bicyclic) bond motifs is 1. The van der Waals surface area contributed by atoms with Crippen LogP contribution in [0.2, 0.25) is 0 Å². The molecule has 1 aliphatic rings. The molecule has 8 heteroatoms. The van der Waals surface area contributed by atoms with Crippen LogP contribution < -0.4 is 14.4 Å². The molecule has 0 saturated carbocycles. The molecule has 39 heavy (non-hydrogen) atoms. The van der Waals surface area contributed by atoms with Crippen molar-refractivity contribution in [2.75, 3.05) is 11.5 Å². The minimum atomic E-state index is -0.865.